The van der Waals surface area contributed by atoms with Crippen molar-refractivity contribution in [2.75, 3.05) is 18.0 Å². The number of carbonyl (C=O) groups excluding carboxylic acids is 1. The zero-order valence-electron chi connectivity index (χ0n) is 21.7. The van der Waals surface area contributed by atoms with Gasteiger partial charge in [0, 0.05) is 49.8 Å². The van der Waals surface area contributed by atoms with Gasteiger partial charge in [0.05, 0.1) is 0 Å². The molecular weight excluding hydrogens is 472 g/mol. The number of amides is 1. The number of carbonyl (C=O) groups is 1. The molecule has 1 aliphatic carbocycles. The molecule has 194 valence electrons. The van der Waals surface area contributed by atoms with Crippen molar-refractivity contribution in [1.29, 1.82) is 0 Å². The molecule has 2 heterocycles. The van der Waals surface area contributed by atoms with Crippen molar-refractivity contribution in [3.05, 3.63) is 102 Å². The van der Waals surface area contributed by atoms with Crippen LogP contribution in [0.5, 0.6) is 0 Å². The van der Waals surface area contributed by atoms with E-state index in [2.05, 4.69) is 88.9 Å². The van der Waals surface area contributed by atoms with Gasteiger partial charge in [-0.1, -0.05) is 78.0 Å². The topological polar surface area (TPSA) is 62.5 Å². The lowest BCUT2D eigenvalue weighted by Crippen LogP contribution is -2.38. The van der Waals surface area contributed by atoms with Gasteiger partial charge in [-0.2, -0.15) is 4.98 Å². The van der Waals surface area contributed by atoms with E-state index in [9.17, 15) is 4.79 Å². The highest BCUT2D eigenvalue weighted by Gasteiger charge is 2.31. The maximum absolute atomic E-state index is 12.5. The van der Waals surface area contributed by atoms with E-state index in [-0.39, 0.29) is 5.92 Å². The summed E-state index contributed by atoms with van der Waals surface area (Å²) in [5, 5.41) is 4.35. The molecule has 2 fully saturated rings. The monoisotopic (exact) mass is 506 g/mol. The molecule has 1 aromatic heterocycles. The Morgan fingerprint density at radius 3 is 2.13 bits per heavy atom. The number of hydrogen-bond acceptors (Lipinski definition) is 5. The summed E-state index contributed by atoms with van der Waals surface area (Å²) in [7, 11) is 0. The van der Waals surface area contributed by atoms with Gasteiger partial charge < -0.3 is 14.3 Å². The van der Waals surface area contributed by atoms with Gasteiger partial charge in [0.25, 0.3) is 0 Å². The standard InChI is InChI=1S/C32H34N4O2/c37-30(20-24-14-15-24)35-18-16-27(17-19-35)32-33-31(34-38-32)28-12-7-13-29(21-28)36(22-25-8-3-1-4-9-25)23-26-10-5-2-6-11-26/h1-13,21,24,27H,14-20,22-23H2. The van der Waals surface area contributed by atoms with Gasteiger partial charge in [0.1, 0.15) is 0 Å². The third-order valence-corrected chi connectivity index (χ3v) is 7.70. The van der Waals surface area contributed by atoms with E-state index < -0.39 is 0 Å². The Morgan fingerprint density at radius 1 is 0.842 bits per heavy atom. The molecule has 38 heavy (non-hydrogen) atoms. The van der Waals surface area contributed by atoms with Crippen molar-refractivity contribution in [3.8, 4) is 11.4 Å². The molecule has 0 atom stereocenters. The van der Waals surface area contributed by atoms with Gasteiger partial charge in [-0.05, 0) is 54.9 Å². The van der Waals surface area contributed by atoms with Crippen LogP contribution < -0.4 is 4.90 Å². The third kappa shape index (κ3) is 5.96. The van der Waals surface area contributed by atoms with Crippen LogP contribution in [0.1, 0.15) is 55.0 Å². The Bertz CT molecular complexity index is 1300. The fraction of sp³-hybridized carbons (Fsp3) is 0.344. The largest absolute Gasteiger partial charge is 0.363 e. The maximum atomic E-state index is 12.5. The number of likely N-dealkylation sites (tertiary alicyclic amines) is 1. The van der Waals surface area contributed by atoms with Crippen LogP contribution in [0.2, 0.25) is 0 Å². The number of benzene rings is 3. The Kier molecular flexibility index (Phi) is 7.20. The predicted molar refractivity (Wildman–Crippen MR) is 148 cm³/mol. The third-order valence-electron chi connectivity index (χ3n) is 7.70. The van der Waals surface area contributed by atoms with Crippen molar-refractivity contribution < 1.29 is 9.32 Å². The van der Waals surface area contributed by atoms with Gasteiger partial charge in [-0.15, -0.1) is 0 Å². The molecule has 6 rings (SSSR count). The minimum atomic E-state index is 0.206. The molecule has 6 heteroatoms. The minimum absolute atomic E-state index is 0.206. The van der Waals surface area contributed by atoms with Gasteiger partial charge in [-0.25, -0.2) is 0 Å². The zero-order valence-corrected chi connectivity index (χ0v) is 21.7. The number of hydrogen-bond donors (Lipinski definition) is 0. The van der Waals surface area contributed by atoms with E-state index in [0.717, 1.165) is 56.7 Å². The molecule has 6 nitrogen and oxygen atoms in total. The van der Waals surface area contributed by atoms with Crippen LogP contribution in [0, 0.1) is 5.92 Å². The normalized spacial score (nSPS) is 15.9. The Balaban J connectivity index is 1.17. The lowest BCUT2D eigenvalue weighted by molar-refractivity contribution is -0.132. The number of piperidine rings is 1. The van der Waals surface area contributed by atoms with E-state index in [1.807, 2.05) is 11.0 Å². The average Bonchev–Trinajstić information content (AvgIpc) is 3.65. The summed E-state index contributed by atoms with van der Waals surface area (Å²) in [4.78, 5) is 21.7. The first kappa shape index (κ1) is 24.4. The molecule has 0 N–H and O–H groups in total. The van der Waals surface area contributed by atoms with Gasteiger partial charge >= 0.3 is 0 Å². The van der Waals surface area contributed by atoms with Crippen LogP contribution in [0.15, 0.2) is 89.5 Å². The molecule has 4 aromatic rings. The highest BCUT2D eigenvalue weighted by atomic mass is 16.5. The molecule has 3 aromatic carbocycles. The quantitative estimate of drug-likeness (QED) is 0.261. The van der Waals surface area contributed by atoms with Crippen molar-refractivity contribution in [1.82, 2.24) is 15.0 Å². The van der Waals surface area contributed by atoms with Gasteiger partial charge in [0.2, 0.25) is 17.6 Å². The molecule has 1 saturated carbocycles. The number of nitrogens with zero attached hydrogens (tertiary/aromatic N) is 4. The molecule has 0 radical (unpaired) electrons. The summed E-state index contributed by atoms with van der Waals surface area (Å²) in [6.07, 6.45) is 4.90. The molecule has 0 spiro atoms. The van der Waals surface area contributed by atoms with Crippen molar-refractivity contribution in [2.24, 2.45) is 5.92 Å². The number of aromatic nitrogens is 2. The lowest BCUT2D eigenvalue weighted by Gasteiger charge is -2.30. The van der Waals surface area contributed by atoms with Crippen LogP contribution >= 0.6 is 0 Å². The average molecular weight is 507 g/mol. The molecule has 0 unspecified atom stereocenters. The second-order valence-electron chi connectivity index (χ2n) is 10.6. The first-order valence-corrected chi connectivity index (χ1v) is 13.8. The van der Waals surface area contributed by atoms with Crippen LogP contribution in [0.3, 0.4) is 0 Å². The van der Waals surface area contributed by atoms with Crippen LogP contribution in [0.4, 0.5) is 5.69 Å². The van der Waals surface area contributed by atoms with E-state index >= 15 is 0 Å². The van der Waals surface area contributed by atoms with Crippen molar-refractivity contribution in [3.63, 3.8) is 0 Å². The lowest BCUT2D eigenvalue weighted by atomic mass is 9.96. The van der Waals surface area contributed by atoms with Crippen LogP contribution in [-0.4, -0.2) is 34.0 Å². The van der Waals surface area contributed by atoms with E-state index in [0.29, 0.717) is 23.5 Å². The molecule has 0 bridgehead atoms. The maximum Gasteiger partial charge on any atom is 0.230 e. The van der Waals surface area contributed by atoms with Crippen LogP contribution in [-0.2, 0) is 17.9 Å². The summed E-state index contributed by atoms with van der Waals surface area (Å²) in [6, 6.07) is 29.5. The molecule has 1 amide bonds. The van der Waals surface area contributed by atoms with E-state index in [4.69, 9.17) is 9.51 Å². The molecular formula is C32H34N4O2. The van der Waals surface area contributed by atoms with E-state index in [1.54, 1.807) is 0 Å². The fourth-order valence-electron chi connectivity index (χ4n) is 5.28. The molecule has 1 aliphatic heterocycles. The zero-order chi connectivity index (χ0) is 25.7. The summed E-state index contributed by atoms with van der Waals surface area (Å²) in [6.45, 7) is 3.15. The highest BCUT2D eigenvalue weighted by Crippen LogP contribution is 2.34. The molecule has 2 aliphatic rings. The summed E-state index contributed by atoms with van der Waals surface area (Å²) in [5.41, 5.74) is 4.58. The summed E-state index contributed by atoms with van der Waals surface area (Å²) >= 11 is 0. The first-order valence-electron chi connectivity index (χ1n) is 13.8. The van der Waals surface area contributed by atoms with Crippen LogP contribution in [0.25, 0.3) is 11.4 Å². The first-order chi connectivity index (χ1) is 18.7. The fourth-order valence-corrected chi connectivity index (χ4v) is 5.28. The molecule has 1 saturated heterocycles. The minimum Gasteiger partial charge on any atom is -0.363 e. The Labute approximate surface area is 224 Å². The number of anilines is 1. The highest BCUT2D eigenvalue weighted by molar-refractivity contribution is 5.76. The Morgan fingerprint density at radius 2 is 1.50 bits per heavy atom. The smallest absolute Gasteiger partial charge is 0.230 e. The second-order valence-corrected chi connectivity index (χ2v) is 10.6. The van der Waals surface area contributed by atoms with Crippen molar-refractivity contribution >= 4 is 11.6 Å². The SMILES string of the molecule is O=C(CC1CC1)N1CCC(c2nc(-c3cccc(N(Cc4ccccc4)Cc4ccccc4)c3)no2)CC1. The predicted octanol–water partition coefficient (Wildman–Crippen LogP) is 6.45. The van der Waals surface area contributed by atoms with Gasteiger partial charge in [0.15, 0.2) is 0 Å². The number of rotatable bonds is 9. The Hall–Kier alpha value is -3.93. The van der Waals surface area contributed by atoms with Crippen molar-refractivity contribution in [2.45, 2.75) is 51.1 Å². The second kappa shape index (κ2) is 11.2. The van der Waals surface area contributed by atoms with E-state index in [1.165, 1.54) is 24.0 Å². The summed E-state index contributed by atoms with van der Waals surface area (Å²) < 4.78 is 5.74. The van der Waals surface area contributed by atoms with Gasteiger partial charge in [-0.3, -0.25) is 4.79 Å². The summed E-state index contributed by atoms with van der Waals surface area (Å²) in [5.74, 6) is 2.45.